The quantitative estimate of drug-likeness (QED) is 0.669. The summed E-state index contributed by atoms with van der Waals surface area (Å²) < 4.78 is 2.01. The van der Waals surface area contributed by atoms with Gasteiger partial charge in [-0.25, -0.2) is 0 Å². The Kier molecular flexibility index (Phi) is 5.11. The number of fused-ring (bicyclic) bond motifs is 2. The minimum absolute atomic E-state index is 0. The Balaban J connectivity index is 0.00000182. The summed E-state index contributed by atoms with van der Waals surface area (Å²) in [6, 6.07) is 10.1. The Morgan fingerprint density at radius 3 is 3.00 bits per heavy atom. The zero-order chi connectivity index (χ0) is 16.5. The highest BCUT2D eigenvalue weighted by molar-refractivity contribution is 6.01. The van der Waals surface area contributed by atoms with Crippen molar-refractivity contribution in [3.63, 3.8) is 0 Å². The first kappa shape index (κ1) is 17.5. The monoisotopic (exact) mass is 359 g/mol. The van der Waals surface area contributed by atoms with Crippen LogP contribution in [0.5, 0.6) is 0 Å². The molecule has 0 radical (unpaired) electrons. The number of hydrogen-bond acceptors (Lipinski definition) is 3. The SMILES string of the molecule is CCc1c(C(=O)NCc2cc3n(n2)CCNC3)[nH]c2ccccc12.Cl. The lowest BCUT2D eigenvalue weighted by atomic mass is 10.1. The number of aryl methyl sites for hydroxylation is 1. The zero-order valence-electron chi connectivity index (χ0n) is 14.1. The van der Waals surface area contributed by atoms with Crippen molar-refractivity contribution in [1.82, 2.24) is 25.4 Å². The van der Waals surface area contributed by atoms with Gasteiger partial charge in [0.1, 0.15) is 5.69 Å². The topological polar surface area (TPSA) is 74.7 Å². The van der Waals surface area contributed by atoms with E-state index in [2.05, 4.69) is 39.8 Å². The summed E-state index contributed by atoms with van der Waals surface area (Å²) in [5.41, 5.74) is 4.80. The molecule has 4 rings (SSSR count). The minimum Gasteiger partial charge on any atom is -0.350 e. The lowest BCUT2D eigenvalue weighted by molar-refractivity contribution is 0.0945. The number of aromatic nitrogens is 3. The summed E-state index contributed by atoms with van der Waals surface area (Å²) in [6.45, 7) is 5.17. The van der Waals surface area contributed by atoms with Gasteiger partial charge >= 0.3 is 0 Å². The highest BCUT2D eigenvalue weighted by atomic mass is 35.5. The van der Waals surface area contributed by atoms with Crippen LogP contribution in [-0.2, 0) is 26.1 Å². The van der Waals surface area contributed by atoms with Crippen LogP contribution in [0.4, 0.5) is 0 Å². The molecule has 3 aromatic rings. The highest BCUT2D eigenvalue weighted by Crippen LogP contribution is 2.22. The van der Waals surface area contributed by atoms with Crippen molar-refractivity contribution in [3.05, 3.63) is 53.0 Å². The van der Waals surface area contributed by atoms with E-state index in [4.69, 9.17) is 0 Å². The summed E-state index contributed by atoms with van der Waals surface area (Å²) in [6.07, 6.45) is 0.817. The molecule has 7 heteroatoms. The minimum atomic E-state index is -0.0767. The third-order valence-electron chi connectivity index (χ3n) is 4.54. The Morgan fingerprint density at radius 1 is 1.36 bits per heavy atom. The van der Waals surface area contributed by atoms with Crippen molar-refractivity contribution in [1.29, 1.82) is 0 Å². The molecule has 0 fully saturated rings. The Labute approximate surface area is 152 Å². The third kappa shape index (κ3) is 3.27. The fourth-order valence-corrected chi connectivity index (χ4v) is 3.36. The van der Waals surface area contributed by atoms with Gasteiger partial charge < -0.3 is 15.6 Å². The standard InChI is InChI=1S/C18H21N5O.ClH/c1-2-14-15-5-3-4-6-16(15)21-17(14)18(24)20-10-12-9-13-11-19-7-8-23(13)22-12;/h3-6,9,19,21H,2,7-8,10-11H2,1H3,(H,20,24);1H. The molecule has 1 aromatic carbocycles. The van der Waals surface area contributed by atoms with Crippen LogP contribution in [0, 0.1) is 0 Å². The van der Waals surface area contributed by atoms with E-state index in [9.17, 15) is 4.79 Å². The second-order valence-corrected chi connectivity index (χ2v) is 6.09. The van der Waals surface area contributed by atoms with Gasteiger partial charge in [-0.1, -0.05) is 25.1 Å². The molecule has 0 saturated carbocycles. The van der Waals surface area contributed by atoms with E-state index < -0.39 is 0 Å². The summed E-state index contributed by atoms with van der Waals surface area (Å²) >= 11 is 0. The molecule has 1 aliphatic heterocycles. The molecule has 2 aromatic heterocycles. The van der Waals surface area contributed by atoms with Crippen molar-refractivity contribution >= 4 is 29.2 Å². The first-order chi connectivity index (χ1) is 11.8. The molecule has 0 unspecified atom stereocenters. The van der Waals surface area contributed by atoms with Crippen LogP contribution in [0.25, 0.3) is 10.9 Å². The second kappa shape index (κ2) is 7.29. The van der Waals surface area contributed by atoms with Gasteiger partial charge in [0, 0.05) is 24.0 Å². The van der Waals surface area contributed by atoms with E-state index in [1.54, 1.807) is 0 Å². The molecule has 3 N–H and O–H groups in total. The number of carbonyl (C=O) groups is 1. The molecule has 1 aliphatic rings. The number of benzene rings is 1. The van der Waals surface area contributed by atoms with Crippen LogP contribution in [0.3, 0.4) is 0 Å². The number of halogens is 1. The smallest absolute Gasteiger partial charge is 0.268 e. The summed E-state index contributed by atoms with van der Waals surface area (Å²) in [5.74, 6) is -0.0767. The number of rotatable bonds is 4. The van der Waals surface area contributed by atoms with Crippen LogP contribution >= 0.6 is 12.4 Å². The van der Waals surface area contributed by atoms with Crippen LogP contribution in [0.2, 0.25) is 0 Å². The number of aromatic amines is 1. The van der Waals surface area contributed by atoms with Crippen LogP contribution in [-0.4, -0.2) is 27.2 Å². The number of hydrogen-bond donors (Lipinski definition) is 3. The molecule has 6 nitrogen and oxygen atoms in total. The van der Waals surface area contributed by atoms with Crippen molar-refractivity contribution in [2.75, 3.05) is 6.54 Å². The molecule has 0 atom stereocenters. The number of para-hydroxylation sites is 1. The second-order valence-electron chi connectivity index (χ2n) is 6.09. The van der Waals surface area contributed by atoms with Crippen molar-refractivity contribution in [2.45, 2.75) is 33.0 Å². The van der Waals surface area contributed by atoms with Gasteiger partial charge in [-0.15, -0.1) is 12.4 Å². The van der Waals surface area contributed by atoms with Gasteiger partial charge in [0.25, 0.3) is 5.91 Å². The molecule has 0 aliphatic carbocycles. The van der Waals surface area contributed by atoms with E-state index in [0.29, 0.717) is 12.2 Å². The third-order valence-corrected chi connectivity index (χ3v) is 4.54. The molecule has 0 bridgehead atoms. The Morgan fingerprint density at radius 2 is 2.20 bits per heavy atom. The van der Waals surface area contributed by atoms with Crippen LogP contribution in [0.1, 0.15) is 34.4 Å². The number of amides is 1. The first-order valence-electron chi connectivity index (χ1n) is 8.40. The number of nitrogens with one attached hydrogen (secondary N) is 3. The molecule has 0 saturated heterocycles. The molecule has 3 heterocycles. The maximum absolute atomic E-state index is 12.6. The predicted molar refractivity (Wildman–Crippen MR) is 100 cm³/mol. The van der Waals surface area contributed by atoms with E-state index >= 15 is 0 Å². The Bertz CT molecular complexity index is 875. The Hall–Kier alpha value is -2.31. The maximum Gasteiger partial charge on any atom is 0.268 e. The van der Waals surface area contributed by atoms with Gasteiger partial charge in [0.05, 0.1) is 24.5 Å². The molecule has 0 spiro atoms. The summed E-state index contributed by atoms with van der Waals surface area (Å²) in [5, 5.41) is 12.0. The normalized spacial score (nSPS) is 13.3. The van der Waals surface area contributed by atoms with Gasteiger partial charge in [-0.3, -0.25) is 9.48 Å². The average Bonchev–Trinajstić information content (AvgIpc) is 3.20. The van der Waals surface area contributed by atoms with E-state index in [-0.39, 0.29) is 18.3 Å². The molecule has 25 heavy (non-hydrogen) atoms. The molecule has 1 amide bonds. The van der Waals surface area contributed by atoms with E-state index in [1.807, 2.05) is 22.9 Å². The fraction of sp³-hybridized carbons (Fsp3) is 0.333. The fourth-order valence-electron chi connectivity index (χ4n) is 3.36. The molecule has 132 valence electrons. The lowest BCUT2D eigenvalue weighted by Gasteiger charge is -2.13. The van der Waals surface area contributed by atoms with E-state index in [1.165, 1.54) is 5.69 Å². The molecular weight excluding hydrogens is 338 g/mol. The first-order valence-corrected chi connectivity index (χ1v) is 8.40. The molecular formula is C18H22ClN5O. The van der Waals surface area contributed by atoms with Crippen LogP contribution < -0.4 is 10.6 Å². The summed E-state index contributed by atoms with van der Waals surface area (Å²) in [4.78, 5) is 15.9. The maximum atomic E-state index is 12.6. The largest absolute Gasteiger partial charge is 0.350 e. The number of nitrogens with zero attached hydrogens (tertiary/aromatic N) is 2. The zero-order valence-corrected chi connectivity index (χ0v) is 14.9. The van der Waals surface area contributed by atoms with Gasteiger partial charge in [-0.05, 0) is 24.1 Å². The predicted octanol–water partition coefficient (Wildman–Crippen LogP) is 2.38. The summed E-state index contributed by atoms with van der Waals surface area (Å²) in [7, 11) is 0. The van der Waals surface area contributed by atoms with E-state index in [0.717, 1.165) is 48.2 Å². The van der Waals surface area contributed by atoms with Crippen molar-refractivity contribution in [3.8, 4) is 0 Å². The highest BCUT2D eigenvalue weighted by Gasteiger charge is 2.17. The average molecular weight is 360 g/mol. The van der Waals surface area contributed by atoms with Crippen molar-refractivity contribution in [2.24, 2.45) is 0 Å². The lowest BCUT2D eigenvalue weighted by Crippen LogP contribution is -2.28. The number of H-pyrrole nitrogens is 1. The van der Waals surface area contributed by atoms with Crippen molar-refractivity contribution < 1.29 is 4.79 Å². The van der Waals surface area contributed by atoms with Crippen LogP contribution in [0.15, 0.2) is 30.3 Å². The van der Waals surface area contributed by atoms with Gasteiger partial charge in [0.15, 0.2) is 0 Å². The number of carbonyl (C=O) groups excluding carboxylic acids is 1. The van der Waals surface area contributed by atoms with Gasteiger partial charge in [0.2, 0.25) is 0 Å². The van der Waals surface area contributed by atoms with Gasteiger partial charge in [-0.2, -0.15) is 5.10 Å².